The van der Waals surface area contributed by atoms with Crippen molar-refractivity contribution in [3.05, 3.63) is 56.3 Å². The highest BCUT2D eigenvalue weighted by atomic mass is 127. The summed E-state index contributed by atoms with van der Waals surface area (Å²) in [6.07, 6.45) is 0.233. The number of aliphatic hydroxyl groups excluding tert-OH is 1. The molecule has 4 N–H and O–H groups in total. The predicted molar refractivity (Wildman–Crippen MR) is 156 cm³/mol. The summed E-state index contributed by atoms with van der Waals surface area (Å²) in [5.74, 6) is 0.881. The van der Waals surface area contributed by atoms with Crippen LogP contribution in [-0.4, -0.2) is 63.6 Å². The third-order valence-corrected chi connectivity index (χ3v) is 6.27. The molecule has 0 saturated carbocycles. The van der Waals surface area contributed by atoms with E-state index in [0.29, 0.717) is 46.4 Å². The number of rotatable bonds is 13. The topological polar surface area (TPSA) is 173 Å². The second-order valence-corrected chi connectivity index (χ2v) is 9.63. The van der Waals surface area contributed by atoms with Crippen molar-refractivity contribution in [1.29, 1.82) is 5.26 Å². The van der Waals surface area contributed by atoms with Crippen molar-refractivity contribution in [2.75, 3.05) is 34.0 Å². The molecule has 218 valence electrons. The minimum Gasteiger partial charge on any atom is -0.493 e. The molecule has 2 atom stereocenters. The Morgan fingerprint density at radius 2 is 2.00 bits per heavy atom. The number of carbonyl (C=O) groups is 2. The van der Waals surface area contributed by atoms with Crippen LogP contribution in [0.4, 0.5) is 4.79 Å². The molecule has 0 radical (unpaired) electrons. The molecule has 0 fully saturated rings. The van der Waals surface area contributed by atoms with Crippen LogP contribution in [-0.2, 0) is 9.53 Å². The van der Waals surface area contributed by atoms with Crippen LogP contribution in [0.15, 0.2) is 46.7 Å². The lowest BCUT2D eigenvalue weighted by atomic mass is 9.95. The van der Waals surface area contributed by atoms with Crippen LogP contribution in [0.2, 0.25) is 0 Å². The highest BCUT2D eigenvalue weighted by Crippen LogP contribution is 2.35. The number of nitrogens with zero attached hydrogens (tertiary/aromatic N) is 2. The van der Waals surface area contributed by atoms with Crippen LogP contribution in [0.25, 0.3) is 0 Å². The lowest BCUT2D eigenvalue weighted by molar-refractivity contribution is -0.136. The summed E-state index contributed by atoms with van der Waals surface area (Å²) in [5.41, 5.74) is 4.32. The third-order valence-electron chi connectivity index (χ3n) is 5.65. The number of ether oxygens (including phenoxy) is 5. The van der Waals surface area contributed by atoms with Crippen LogP contribution < -0.4 is 35.0 Å². The van der Waals surface area contributed by atoms with E-state index >= 15 is 0 Å². The molecule has 0 unspecified atom stereocenters. The van der Waals surface area contributed by atoms with Crippen molar-refractivity contribution in [1.82, 2.24) is 16.1 Å². The van der Waals surface area contributed by atoms with Gasteiger partial charge in [-0.2, -0.15) is 10.4 Å². The minimum absolute atomic E-state index is 0.174. The molecule has 14 heteroatoms. The van der Waals surface area contributed by atoms with Crippen molar-refractivity contribution in [2.24, 2.45) is 5.10 Å². The maximum absolute atomic E-state index is 12.4. The van der Waals surface area contributed by atoms with Crippen molar-refractivity contribution in [2.45, 2.75) is 26.1 Å². The minimum atomic E-state index is -1.20. The van der Waals surface area contributed by atoms with Crippen LogP contribution in [0.5, 0.6) is 23.0 Å². The van der Waals surface area contributed by atoms with Gasteiger partial charge in [0.05, 0.1) is 38.7 Å². The summed E-state index contributed by atoms with van der Waals surface area (Å²) in [5, 5.41) is 28.7. The monoisotopic (exact) mass is 679 g/mol. The van der Waals surface area contributed by atoms with E-state index in [9.17, 15) is 14.7 Å². The number of benzene rings is 2. The van der Waals surface area contributed by atoms with Crippen molar-refractivity contribution in [3.8, 4) is 29.1 Å². The van der Waals surface area contributed by atoms with Crippen LogP contribution in [0, 0.1) is 14.9 Å². The van der Waals surface area contributed by atoms with Crippen LogP contribution in [0.1, 0.15) is 31.0 Å². The number of carbonyl (C=O) groups excluding carboxylic acids is 2. The van der Waals surface area contributed by atoms with Gasteiger partial charge >= 0.3 is 12.0 Å². The Morgan fingerprint density at radius 1 is 1.22 bits per heavy atom. The molecule has 0 saturated heterocycles. The molecular formula is C27H30IN5O8. The molecule has 13 nitrogen and oxygen atoms in total. The number of hydrazone groups is 1. The maximum Gasteiger partial charge on any atom is 0.337 e. The van der Waals surface area contributed by atoms with Gasteiger partial charge in [-0.3, -0.25) is 5.43 Å². The van der Waals surface area contributed by atoms with Crippen LogP contribution >= 0.6 is 22.6 Å². The van der Waals surface area contributed by atoms with Gasteiger partial charge in [-0.1, -0.05) is 6.07 Å². The van der Waals surface area contributed by atoms with Gasteiger partial charge in [-0.25, -0.2) is 9.59 Å². The molecular weight excluding hydrogens is 649 g/mol. The normalized spacial score (nSPS) is 15.3. The number of nitrogens with one attached hydrogen (secondary N) is 3. The summed E-state index contributed by atoms with van der Waals surface area (Å²) in [6, 6.07) is 9.17. The zero-order valence-electron chi connectivity index (χ0n) is 22.8. The SMILES string of the molecule is CCOc1cc([C@H]2NC(=O)NC(C)=C2C(=O)OC)ccc1OC[C@@H](O)N/N=C/c1cc(I)cc(OC)c1OCC#N. The second kappa shape index (κ2) is 15.0. The highest BCUT2D eigenvalue weighted by molar-refractivity contribution is 14.1. The Bertz CT molecular complexity index is 1370. The average molecular weight is 679 g/mol. The zero-order chi connectivity index (χ0) is 29.9. The van der Waals surface area contributed by atoms with Gasteiger partial charge in [-0.05, 0) is 66.3 Å². The summed E-state index contributed by atoms with van der Waals surface area (Å²) in [6.45, 7) is 3.36. The molecule has 2 aromatic rings. The van der Waals surface area contributed by atoms with E-state index in [2.05, 4.69) is 43.8 Å². The van der Waals surface area contributed by atoms with Crippen molar-refractivity contribution in [3.63, 3.8) is 0 Å². The number of allylic oxidation sites excluding steroid dienone is 1. The maximum atomic E-state index is 12.4. The Labute approximate surface area is 250 Å². The molecule has 3 rings (SSSR count). The fourth-order valence-electron chi connectivity index (χ4n) is 3.91. The van der Waals surface area contributed by atoms with E-state index in [-0.39, 0.29) is 18.8 Å². The van der Waals surface area contributed by atoms with Gasteiger partial charge in [0, 0.05) is 14.8 Å². The molecule has 1 heterocycles. The summed E-state index contributed by atoms with van der Waals surface area (Å²) >= 11 is 2.11. The Hall–Kier alpha value is -4.23. The lowest BCUT2D eigenvalue weighted by Crippen LogP contribution is -2.45. The van der Waals surface area contributed by atoms with E-state index in [1.165, 1.54) is 20.4 Å². The van der Waals surface area contributed by atoms with Gasteiger partial charge < -0.3 is 39.4 Å². The first kappa shape index (κ1) is 31.3. The Balaban J connectivity index is 1.73. The van der Waals surface area contributed by atoms with Gasteiger partial charge in [0.15, 0.2) is 35.8 Å². The number of methoxy groups -OCH3 is 2. The quantitative estimate of drug-likeness (QED) is 0.0811. The Kier molecular flexibility index (Phi) is 11.4. The average Bonchev–Trinajstić information content (AvgIpc) is 2.95. The zero-order valence-corrected chi connectivity index (χ0v) is 25.0. The third kappa shape index (κ3) is 8.14. The molecule has 41 heavy (non-hydrogen) atoms. The van der Waals surface area contributed by atoms with E-state index in [1.54, 1.807) is 44.2 Å². The number of esters is 1. The number of hydrogen-bond donors (Lipinski definition) is 4. The molecule has 0 aliphatic carbocycles. The first-order chi connectivity index (χ1) is 19.7. The summed E-state index contributed by atoms with van der Waals surface area (Å²) in [7, 11) is 2.76. The fourth-order valence-corrected chi connectivity index (χ4v) is 4.53. The van der Waals surface area contributed by atoms with Gasteiger partial charge in [0.2, 0.25) is 0 Å². The number of aliphatic hydroxyl groups is 1. The predicted octanol–water partition coefficient (Wildman–Crippen LogP) is 2.72. The highest BCUT2D eigenvalue weighted by Gasteiger charge is 2.32. The molecule has 1 aliphatic rings. The Morgan fingerprint density at radius 3 is 2.68 bits per heavy atom. The molecule has 0 aromatic heterocycles. The largest absolute Gasteiger partial charge is 0.493 e. The standard InChI is InChI=1S/C27H30IN5O8/c1-5-39-20-11-16(24-23(26(35)38-4)15(2)31-27(36)32-24)6-7-19(20)41-14-22(34)33-30-13-17-10-18(28)12-21(37-3)25(17)40-9-8-29/h6-7,10-13,22,24,33-34H,5,9,14H2,1-4H3,(H2,31,32,36)/b30-13+/t22-,24-/m1/s1. The van der Waals surface area contributed by atoms with E-state index in [4.69, 9.17) is 28.9 Å². The van der Waals surface area contributed by atoms with Crippen molar-refractivity contribution < 1.29 is 38.4 Å². The van der Waals surface area contributed by atoms with Gasteiger partial charge in [0.25, 0.3) is 0 Å². The number of nitriles is 1. The summed E-state index contributed by atoms with van der Waals surface area (Å²) in [4.78, 5) is 24.5. The van der Waals surface area contributed by atoms with Crippen molar-refractivity contribution >= 4 is 40.8 Å². The molecule has 2 aromatic carbocycles. The van der Waals surface area contributed by atoms with E-state index < -0.39 is 24.3 Å². The van der Waals surface area contributed by atoms with Crippen LogP contribution in [0.3, 0.4) is 0 Å². The first-order valence-electron chi connectivity index (χ1n) is 12.3. The number of urea groups is 1. The van der Waals surface area contributed by atoms with Gasteiger partial charge in [-0.15, -0.1) is 0 Å². The summed E-state index contributed by atoms with van der Waals surface area (Å²) < 4.78 is 28.1. The molecule has 0 spiro atoms. The second-order valence-electron chi connectivity index (χ2n) is 8.39. The molecule has 1 aliphatic heterocycles. The van der Waals surface area contributed by atoms with Gasteiger partial charge in [0.1, 0.15) is 12.7 Å². The number of hydrogen-bond acceptors (Lipinski definition) is 11. The first-order valence-corrected chi connectivity index (χ1v) is 13.4. The number of amides is 2. The lowest BCUT2D eigenvalue weighted by Gasteiger charge is -2.28. The fraction of sp³-hybridized carbons (Fsp3) is 0.333. The number of halogens is 1. The van der Waals surface area contributed by atoms with E-state index in [0.717, 1.165) is 3.57 Å². The smallest absolute Gasteiger partial charge is 0.337 e. The van der Waals surface area contributed by atoms with E-state index in [1.807, 2.05) is 6.07 Å². The molecule has 0 bridgehead atoms. The molecule has 2 amide bonds.